The molecule has 1 aliphatic heterocycles. The van der Waals surface area contributed by atoms with Gasteiger partial charge in [0, 0.05) is 19.1 Å². The summed E-state index contributed by atoms with van der Waals surface area (Å²) in [5.41, 5.74) is 0. The van der Waals surface area contributed by atoms with Crippen LogP contribution in [0, 0.1) is 17.8 Å². The van der Waals surface area contributed by atoms with E-state index in [0.29, 0.717) is 23.8 Å². The van der Waals surface area contributed by atoms with Crippen molar-refractivity contribution < 1.29 is 5.11 Å². The van der Waals surface area contributed by atoms with Crippen LogP contribution >= 0.6 is 0 Å². The van der Waals surface area contributed by atoms with E-state index in [1.165, 1.54) is 32.4 Å². The van der Waals surface area contributed by atoms with Crippen molar-refractivity contribution in [1.29, 1.82) is 0 Å². The first-order chi connectivity index (χ1) is 9.08. The predicted molar refractivity (Wildman–Crippen MR) is 80.2 cm³/mol. The minimum atomic E-state index is -0.0347. The third-order valence-corrected chi connectivity index (χ3v) is 4.62. The Labute approximate surface area is 118 Å². The van der Waals surface area contributed by atoms with Crippen LogP contribution in [0.15, 0.2) is 0 Å². The van der Waals surface area contributed by atoms with Crippen LogP contribution in [0.3, 0.4) is 0 Å². The van der Waals surface area contributed by atoms with Crippen molar-refractivity contribution in [3.05, 3.63) is 0 Å². The van der Waals surface area contributed by atoms with Gasteiger partial charge >= 0.3 is 0 Å². The van der Waals surface area contributed by atoms with Crippen molar-refractivity contribution in [2.24, 2.45) is 17.8 Å². The van der Waals surface area contributed by atoms with Gasteiger partial charge in [0.1, 0.15) is 0 Å². The molecule has 2 N–H and O–H groups in total. The van der Waals surface area contributed by atoms with Crippen molar-refractivity contribution in [3.63, 3.8) is 0 Å². The molecule has 3 nitrogen and oxygen atoms in total. The normalized spacial score (nSPS) is 30.8. The van der Waals surface area contributed by atoms with E-state index in [2.05, 4.69) is 31.0 Å². The van der Waals surface area contributed by atoms with Gasteiger partial charge in [0.15, 0.2) is 0 Å². The number of likely N-dealkylation sites (N-methyl/N-ethyl adjacent to an activating group) is 1. The molecule has 2 aliphatic rings. The summed E-state index contributed by atoms with van der Waals surface area (Å²) in [7, 11) is 0. The molecule has 0 aromatic heterocycles. The van der Waals surface area contributed by atoms with Crippen molar-refractivity contribution in [2.75, 3.05) is 26.2 Å². The summed E-state index contributed by atoms with van der Waals surface area (Å²) in [5, 5.41) is 13.9. The van der Waals surface area contributed by atoms with Crippen LogP contribution in [0.4, 0.5) is 0 Å². The molecule has 19 heavy (non-hydrogen) atoms. The van der Waals surface area contributed by atoms with E-state index >= 15 is 0 Å². The molecule has 1 saturated carbocycles. The maximum absolute atomic E-state index is 10.2. The van der Waals surface area contributed by atoms with Gasteiger partial charge in [-0.2, -0.15) is 0 Å². The Morgan fingerprint density at radius 1 is 1.26 bits per heavy atom. The number of nitrogens with zero attached hydrogens (tertiary/aromatic N) is 1. The summed E-state index contributed by atoms with van der Waals surface area (Å²) >= 11 is 0. The molecule has 112 valence electrons. The SMILES string of the molecule is CCN1CC(CC(O)C2CC2)CC(NCC(C)C)C1. The highest BCUT2D eigenvalue weighted by atomic mass is 16.3. The standard InChI is InChI=1S/C16H32N2O/c1-4-18-10-13(8-16(19)14-5-6-14)7-15(11-18)17-9-12(2)3/h12-17,19H,4-11H2,1-3H3. The molecule has 0 radical (unpaired) electrons. The van der Waals surface area contributed by atoms with Gasteiger partial charge in [0.05, 0.1) is 6.10 Å². The Kier molecular flexibility index (Phi) is 5.67. The second-order valence-electron chi connectivity index (χ2n) is 7.09. The molecule has 1 aliphatic carbocycles. The Hall–Kier alpha value is -0.120. The zero-order chi connectivity index (χ0) is 13.8. The minimum absolute atomic E-state index is 0.0347. The summed E-state index contributed by atoms with van der Waals surface area (Å²) in [6.07, 6.45) is 4.72. The first-order valence-electron chi connectivity index (χ1n) is 8.22. The van der Waals surface area contributed by atoms with Crippen molar-refractivity contribution >= 4 is 0 Å². The smallest absolute Gasteiger partial charge is 0.0571 e. The average molecular weight is 268 g/mol. The molecule has 0 spiro atoms. The molecule has 0 aromatic rings. The Morgan fingerprint density at radius 3 is 2.58 bits per heavy atom. The third-order valence-electron chi connectivity index (χ3n) is 4.62. The second kappa shape index (κ2) is 7.05. The average Bonchev–Trinajstić information content (AvgIpc) is 3.20. The summed E-state index contributed by atoms with van der Waals surface area (Å²) in [6, 6.07) is 0.618. The van der Waals surface area contributed by atoms with E-state index in [1.807, 2.05) is 0 Å². The van der Waals surface area contributed by atoms with Gasteiger partial charge in [-0.3, -0.25) is 0 Å². The van der Waals surface area contributed by atoms with E-state index in [0.717, 1.165) is 19.5 Å². The van der Waals surface area contributed by atoms with Crippen molar-refractivity contribution in [2.45, 2.75) is 58.6 Å². The molecular formula is C16H32N2O. The summed E-state index contributed by atoms with van der Waals surface area (Å²) in [4.78, 5) is 2.55. The number of aliphatic hydroxyl groups excluding tert-OH is 1. The van der Waals surface area contributed by atoms with Gasteiger partial charge in [-0.1, -0.05) is 20.8 Å². The number of hydrogen-bond acceptors (Lipinski definition) is 3. The van der Waals surface area contributed by atoms with Crippen LogP contribution in [0.5, 0.6) is 0 Å². The molecule has 1 heterocycles. The van der Waals surface area contributed by atoms with E-state index in [1.54, 1.807) is 0 Å². The number of likely N-dealkylation sites (tertiary alicyclic amines) is 1. The van der Waals surface area contributed by atoms with Crippen LogP contribution < -0.4 is 5.32 Å². The lowest BCUT2D eigenvalue weighted by atomic mass is 9.88. The maximum Gasteiger partial charge on any atom is 0.0571 e. The summed E-state index contributed by atoms with van der Waals surface area (Å²) in [6.45, 7) is 11.4. The predicted octanol–water partition coefficient (Wildman–Crippen LogP) is 2.10. The van der Waals surface area contributed by atoms with Crippen LogP contribution in [-0.4, -0.2) is 48.3 Å². The number of nitrogens with one attached hydrogen (secondary N) is 1. The highest BCUT2D eigenvalue weighted by molar-refractivity contribution is 4.88. The minimum Gasteiger partial charge on any atom is -0.393 e. The summed E-state index contributed by atoms with van der Waals surface area (Å²) < 4.78 is 0. The molecule has 3 heteroatoms. The van der Waals surface area contributed by atoms with Gasteiger partial charge in [0.25, 0.3) is 0 Å². The Bertz CT molecular complexity index is 265. The first-order valence-corrected chi connectivity index (χ1v) is 8.22. The molecule has 3 unspecified atom stereocenters. The molecule has 2 fully saturated rings. The quantitative estimate of drug-likeness (QED) is 0.742. The fourth-order valence-electron chi connectivity index (χ4n) is 3.30. The van der Waals surface area contributed by atoms with Gasteiger partial charge in [-0.15, -0.1) is 0 Å². The van der Waals surface area contributed by atoms with Crippen molar-refractivity contribution in [3.8, 4) is 0 Å². The van der Waals surface area contributed by atoms with Crippen molar-refractivity contribution in [1.82, 2.24) is 10.2 Å². The molecule has 0 aromatic carbocycles. The van der Waals surface area contributed by atoms with E-state index < -0.39 is 0 Å². The van der Waals surface area contributed by atoms with E-state index in [9.17, 15) is 5.11 Å². The number of piperidine rings is 1. The van der Waals surface area contributed by atoms with Gasteiger partial charge in [-0.05, 0) is 56.5 Å². The lowest BCUT2D eigenvalue weighted by Crippen LogP contribution is -2.50. The van der Waals surface area contributed by atoms with Gasteiger partial charge in [0.2, 0.25) is 0 Å². The second-order valence-corrected chi connectivity index (χ2v) is 7.09. The maximum atomic E-state index is 10.2. The fourth-order valence-corrected chi connectivity index (χ4v) is 3.30. The van der Waals surface area contributed by atoms with Gasteiger partial charge in [-0.25, -0.2) is 0 Å². The Balaban J connectivity index is 1.80. The zero-order valence-electron chi connectivity index (χ0n) is 12.9. The topological polar surface area (TPSA) is 35.5 Å². The van der Waals surface area contributed by atoms with Crippen LogP contribution in [-0.2, 0) is 0 Å². The first kappa shape index (κ1) is 15.3. The lowest BCUT2D eigenvalue weighted by Gasteiger charge is -2.38. The highest BCUT2D eigenvalue weighted by Crippen LogP contribution is 2.36. The van der Waals surface area contributed by atoms with E-state index in [-0.39, 0.29) is 6.10 Å². The molecule has 1 saturated heterocycles. The molecule has 0 bridgehead atoms. The monoisotopic (exact) mass is 268 g/mol. The number of hydrogen-bond donors (Lipinski definition) is 2. The zero-order valence-corrected chi connectivity index (χ0v) is 12.9. The highest BCUT2D eigenvalue weighted by Gasteiger charge is 2.34. The summed E-state index contributed by atoms with van der Waals surface area (Å²) in [5.74, 6) is 2.01. The molecule has 2 rings (SSSR count). The number of aliphatic hydroxyl groups is 1. The largest absolute Gasteiger partial charge is 0.393 e. The third kappa shape index (κ3) is 5.05. The van der Waals surface area contributed by atoms with Crippen LogP contribution in [0.25, 0.3) is 0 Å². The molecule has 3 atom stereocenters. The van der Waals surface area contributed by atoms with E-state index in [4.69, 9.17) is 0 Å². The Morgan fingerprint density at radius 2 is 2.00 bits per heavy atom. The number of rotatable bonds is 7. The van der Waals surface area contributed by atoms with Crippen LogP contribution in [0.2, 0.25) is 0 Å². The van der Waals surface area contributed by atoms with Gasteiger partial charge < -0.3 is 15.3 Å². The fraction of sp³-hybridized carbons (Fsp3) is 1.00. The van der Waals surface area contributed by atoms with Crippen LogP contribution in [0.1, 0.15) is 46.5 Å². The molecule has 0 amide bonds. The lowest BCUT2D eigenvalue weighted by molar-refractivity contribution is 0.0764. The molecular weight excluding hydrogens is 236 g/mol.